The zero-order chi connectivity index (χ0) is 10.7. The molecule has 0 radical (unpaired) electrons. The van der Waals surface area contributed by atoms with E-state index in [-0.39, 0.29) is 19.8 Å². The number of hydrogen-bond acceptors (Lipinski definition) is 6. The maximum atomic E-state index is 8.44. The van der Waals surface area contributed by atoms with Crippen LogP contribution in [0, 0.1) is 0 Å². The second-order valence-electron chi connectivity index (χ2n) is 0.798. The molecular formula is C3H3GaO9. The Balaban J connectivity index is -0.0000000450. The SMILES string of the molecule is O=C([O-])O.O=C([O-])O.O=C([O-])O.[Ga+3]. The molecule has 0 atom stereocenters. The van der Waals surface area contributed by atoms with Gasteiger partial charge in [0.1, 0.15) is 0 Å². The molecule has 0 aliphatic carbocycles. The Bertz CT molecular complexity index is 112. The molecule has 0 aliphatic rings. The third kappa shape index (κ3) is 309. The maximum Gasteiger partial charge on any atom is 3.00 e. The average Bonchev–Trinajstić information content (AvgIpc) is 1.54. The summed E-state index contributed by atoms with van der Waals surface area (Å²) < 4.78 is 0. The summed E-state index contributed by atoms with van der Waals surface area (Å²) in [5, 5.41) is 45.9. The molecule has 0 aliphatic heterocycles. The van der Waals surface area contributed by atoms with Crippen molar-refractivity contribution in [3.63, 3.8) is 0 Å². The minimum atomic E-state index is -2.08. The molecule has 13 heavy (non-hydrogen) atoms. The molecule has 3 N–H and O–H groups in total. The molecule has 10 heteroatoms. The molecule has 0 rings (SSSR count). The molecule has 0 aromatic carbocycles. The summed E-state index contributed by atoms with van der Waals surface area (Å²) in [5.74, 6) is 0. The van der Waals surface area contributed by atoms with E-state index in [9.17, 15) is 0 Å². The number of hydrogen-bond donors (Lipinski definition) is 3. The molecule has 0 unspecified atom stereocenters. The van der Waals surface area contributed by atoms with Crippen LogP contribution in [0.1, 0.15) is 0 Å². The van der Waals surface area contributed by atoms with Gasteiger partial charge in [-0.15, -0.1) is 0 Å². The van der Waals surface area contributed by atoms with Crippen LogP contribution in [0.2, 0.25) is 0 Å². The van der Waals surface area contributed by atoms with Crippen LogP contribution in [0.15, 0.2) is 0 Å². The van der Waals surface area contributed by atoms with Gasteiger partial charge in [-0.1, -0.05) is 0 Å². The van der Waals surface area contributed by atoms with E-state index in [4.69, 9.17) is 45.0 Å². The van der Waals surface area contributed by atoms with Crippen molar-refractivity contribution in [2.24, 2.45) is 0 Å². The van der Waals surface area contributed by atoms with Gasteiger partial charge in [-0.3, -0.25) is 0 Å². The first-order valence-corrected chi connectivity index (χ1v) is 1.90. The normalized spacial score (nSPS) is 5.54. The molecule has 0 amide bonds. The second kappa shape index (κ2) is 16.8. The largest absolute Gasteiger partial charge is 3.00 e. The van der Waals surface area contributed by atoms with Gasteiger partial charge in [-0.2, -0.15) is 0 Å². The summed E-state index contributed by atoms with van der Waals surface area (Å²) in [5.41, 5.74) is 0. The number of carbonyl (C=O) groups is 3. The Morgan fingerprint density at radius 3 is 0.692 bits per heavy atom. The molecule has 0 aromatic rings. The van der Waals surface area contributed by atoms with Crippen molar-refractivity contribution >= 4 is 38.3 Å². The van der Waals surface area contributed by atoms with Crippen LogP contribution in [0.3, 0.4) is 0 Å². The summed E-state index contributed by atoms with van der Waals surface area (Å²) in [6.07, 6.45) is -6.25. The zero-order valence-electron chi connectivity index (χ0n) is 5.87. The van der Waals surface area contributed by atoms with Gasteiger partial charge in [0.05, 0.1) is 0 Å². The van der Waals surface area contributed by atoms with Crippen molar-refractivity contribution < 1.29 is 45.0 Å². The molecular weight excluding hydrogens is 250 g/mol. The van der Waals surface area contributed by atoms with Crippen LogP contribution in [-0.2, 0) is 0 Å². The van der Waals surface area contributed by atoms with Crippen molar-refractivity contribution in [2.75, 3.05) is 0 Å². The van der Waals surface area contributed by atoms with Gasteiger partial charge in [0.25, 0.3) is 0 Å². The van der Waals surface area contributed by atoms with E-state index < -0.39 is 18.5 Å². The van der Waals surface area contributed by atoms with Crippen molar-refractivity contribution in [3.8, 4) is 0 Å². The fourth-order valence-corrected chi connectivity index (χ4v) is 0. The van der Waals surface area contributed by atoms with Gasteiger partial charge in [0.15, 0.2) is 0 Å². The number of rotatable bonds is 0. The Labute approximate surface area is 83.9 Å². The van der Waals surface area contributed by atoms with Crippen molar-refractivity contribution in [3.05, 3.63) is 0 Å². The van der Waals surface area contributed by atoms with Crippen LogP contribution in [0.5, 0.6) is 0 Å². The maximum absolute atomic E-state index is 8.44. The molecule has 0 spiro atoms. The summed E-state index contributed by atoms with van der Waals surface area (Å²) in [4.78, 5) is 25.3. The quantitative estimate of drug-likeness (QED) is 0.365. The van der Waals surface area contributed by atoms with Crippen LogP contribution in [0.25, 0.3) is 0 Å². The topological polar surface area (TPSA) is 181 Å². The van der Waals surface area contributed by atoms with Gasteiger partial charge in [-0.25, -0.2) is 0 Å². The Morgan fingerprint density at radius 1 is 0.692 bits per heavy atom. The van der Waals surface area contributed by atoms with Gasteiger partial charge in [0, 0.05) is 0 Å². The van der Waals surface area contributed by atoms with Crippen molar-refractivity contribution in [1.82, 2.24) is 0 Å². The fourth-order valence-electron chi connectivity index (χ4n) is 0. The van der Waals surface area contributed by atoms with Crippen LogP contribution in [0.4, 0.5) is 14.4 Å². The monoisotopic (exact) mass is 252 g/mol. The Morgan fingerprint density at radius 2 is 0.692 bits per heavy atom. The molecule has 72 valence electrons. The third-order valence-corrected chi connectivity index (χ3v) is 0. The van der Waals surface area contributed by atoms with E-state index in [0.29, 0.717) is 0 Å². The van der Waals surface area contributed by atoms with E-state index >= 15 is 0 Å². The van der Waals surface area contributed by atoms with Crippen LogP contribution in [-0.4, -0.2) is 53.6 Å². The average molecular weight is 253 g/mol. The van der Waals surface area contributed by atoms with Crippen molar-refractivity contribution in [2.45, 2.75) is 0 Å². The fraction of sp³-hybridized carbons (Fsp3) is 0. The molecule has 9 nitrogen and oxygen atoms in total. The molecule has 0 bridgehead atoms. The van der Waals surface area contributed by atoms with E-state index in [1.54, 1.807) is 0 Å². The molecule has 0 heterocycles. The predicted molar refractivity (Wildman–Crippen MR) is 29.8 cm³/mol. The standard InChI is InChI=1S/3CH2O3.Ga/c3*2-1(3)4;/h3*(H2,2,3,4);/q;;;+3/p-3. The second-order valence-corrected chi connectivity index (χ2v) is 0.798. The smallest absolute Gasteiger partial charge is 0.565 e. The van der Waals surface area contributed by atoms with Gasteiger partial charge in [-0.05, 0) is 0 Å². The number of carboxylic acid groups (broad SMARTS) is 6. The summed E-state index contributed by atoms with van der Waals surface area (Å²) >= 11 is 0. The molecule has 0 aromatic heterocycles. The molecule has 0 saturated carbocycles. The van der Waals surface area contributed by atoms with Gasteiger partial charge >= 0.3 is 19.8 Å². The van der Waals surface area contributed by atoms with E-state index in [1.807, 2.05) is 0 Å². The summed E-state index contributed by atoms with van der Waals surface area (Å²) in [6.45, 7) is 0. The summed E-state index contributed by atoms with van der Waals surface area (Å²) in [7, 11) is 0. The first-order valence-electron chi connectivity index (χ1n) is 1.90. The first kappa shape index (κ1) is 22.5. The molecule has 0 fully saturated rings. The van der Waals surface area contributed by atoms with Gasteiger partial charge in [0.2, 0.25) is 18.5 Å². The van der Waals surface area contributed by atoms with E-state index in [1.165, 1.54) is 0 Å². The van der Waals surface area contributed by atoms with Crippen molar-refractivity contribution in [1.29, 1.82) is 0 Å². The zero-order valence-corrected chi connectivity index (χ0v) is 8.29. The van der Waals surface area contributed by atoms with Crippen LogP contribution >= 0.6 is 0 Å². The Kier molecular flexibility index (Phi) is 29.1. The Hall–Kier alpha value is -1.55. The van der Waals surface area contributed by atoms with E-state index in [2.05, 4.69) is 0 Å². The third-order valence-electron chi connectivity index (χ3n) is 0. The predicted octanol–water partition coefficient (Wildman–Crippen LogP) is -3.72. The first-order chi connectivity index (χ1) is 5.20. The minimum Gasteiger partial charge on any atom is -0.565 e. The van der Waals surface area contributed by atoms with E-state index in [0.717, 1.165) is 0 Å². The minimum absolute atomic E-state index is 0. The summed E-state index contributed by atoms with van der Waals surface area (Å²) in [6, 6.07) is 0. The van der Waals surface area contributed by atoms with Crippen LogP contribution < -0.4 is 15.3 Å². The van der Waals surface area contributed by atoms with Gasteiger partial charge < -0.3 is 45.0 Å². The molecule has 0 saturated heterocycles.